The molecule has 0 fully saturated rings. The maximum atomic E-state index is 12.0. The maximum Gasteiger partial charge on any atom is 0.183 e. The Bertz CT molecular complexity index is 555. The Morgan fingerprint density at radius 3 is 2.47 bits per heavy atom. The number of nitrogens with zero attached hydrogens (tertiary/aromatic N) is 2. The second-order valence-corrected chi connectivity index (χ2v) is 6.72. The molecule has 94 valence electrons. The van der Waals surface area contributed by atoms with Crippen molar-refractivity contribution >= 4 is 31.9 Å². The average Bonchev–Trinajstić information content (AvgIpc) is 2.65. The Labute approximate surface area is 105 Å². The van der Waals surface area contributed by atoms with Crippen LogP contribution in [0.5, 0.6) is 0 Å². The van der Waals surface area contributed by atoms with Crippen LogP contribution in [0.3, 0.4) is 0 Å². The van der Waals surface area contributed by atoms with Crippen molar-refractivity contribution in [1.29, 1.82) is 5.26 Å². The highest BCUT2D eigenvalue weighted by Gasteiger charge is 2.27. The lowest BCUT2D eigenvalue weighted by molar-refractivity contribution is 0.598. The van der Waals surface area contributed by atoms with Crippen molar-refractivity contribution in [2.24, 2.45) is 0 Å². The van der Waals surface area contributed by atoms with Gasteiger partial charge in [0, 0.05) is 13.6 Å². The standard InChI is InChI=1S/C10H15N3O2S2/c1-4-13(3)10-9(17(14,15)5-2)8(12)7(6-11)16-10/h4-5,12H2,1-3H3. The third-order valence-electron chi connectivity index (χ3n) is 2.50. The van der Waals surface area contributed by atoms with Gasteiger partial charge in [-0.2, -0.15) is 5.26 Å². The van der Waals surface area contributed by atoms with Crippen molar-refractivity contribution in [2.75, 3.05) is 30.0 Å². The van der Waals surface area contributed by atoms with Crippen LogP contribution in [0, 0.1) is 11.3 Å². The van der Waals surface area contributed by atoms with Gasteiger partial charge in [-0.05, 0) is 6.92 Å². The first-order valence-electron chi connectivity index (χ1n) is 5.15. The molecule has 0 saturated carbocycles. The highest BCUT2D eigenvalue weighted by atomic mass is 32.2. The number of hydrogen-bond acceptors (Lipinski definition) is 6. The predicted molar refractivity (Wildman–Crippen MR) is 70.1 cm³/mol. The number of thiophene rings is 1. The van der Waals surface area contributed by atoms with Crippen molar-refractivity contribution in [1.82, 2.24) is 0 Å². The van der Waals surface area contributed by atoms with Crippen molar-refractivity contribution in [3.05, 3.63) is 4.88 Å². The quantitative estimate of drug-likeness (QED) is 0.897. The van der Waals surface area contributed by atoms with Crippen molar-refractivity contribution in [2.45, 2.75) is 18.7 Å². The van der Waals surface area contributed by atoms with Crippen molar-refractivity contribution in [3.63, 3.8) is 0 Å². The molecule has 1 aromatic rings. The largest absolute Gasteiger partial charge is 0.396 e. The molecule has 0 radical (unpaired) electrons. The van der Waals surface area contributed by atoms with Gasteiger partial charge >= 0.3 is 0 Å². The van der Waals surface area contributed by atoms with Gasteiger partial charge in [-0.3, -0.25) is 0 Å². The van der Waals surface area contributed by atoms with Gasteiger partial charge < -0.3 is 10.6 Å². The molecular formula is C10H15N3O2S2. The van der Waals surface area contributed by atoms with E-state index in [1.54, 1.807) is 18.9 Å². The smallest absolute Gasteiger partial charge is 0.183 e. The zero-order valence-electron chi connectivity index (χ0n) is 10.0. The predicted octanol–water partition coefficient (Wildman–Crippen LogP) is 1.45. The second-order valence-electron chi connectivity index (χ2n) is 3.51. The molecular weight excluding hydrogens is 258 g/mol. The lowest BCUT2D eigenvalue weighted by Gasteiger charge is -2.16. The molecule has 0 aliphatic heterocycles. The molecule has 0 aromatic carbocycles. The van der Waals surface area contributed by atoms with Gasteiger partial charge in [0.05, 0.1) is 11.4 Å². The number of nitrogen functional groups attached to an aromatic ring is 1. The van der Waals surface area contributed by atoms with E-state index in [2.05, 4.69) is 0 Å². The molecule has 1 aromatic heterocycles. The van der Waals surface area contributed by atoms with Crippen LogP contribution in [-0.4, -0.2) is 27.8 Å². The van der Waals surface area contributed by atoms with Gasteiger partial charge in [-0.25, -0.2) is 8.42 Å². The normalized spacial score (nSPS) is 11.2. The minimum atomic E-state index is -3.41. The third kappa shape index (κ3) is 2.37. The summed E-state index contributed by atoms with van der Waals surface area (Å²) in [6.07, 6.45) is 0. The van der Waals surface area contributed by atoms with Gasteiger partial charge in [0.2, 0.25) is 0 Å². The van der Waals surface area contributed by atoms with E-state index >= 15 is 0 Å². The lowest BCUT2D eigenvalue weighted by atomic mass is 10.4. The fraction of sp³-hybridized carbons (Fsp3) is 0.500. The number of nitrogens with two attached hydrogens (primary N) is 1. The Hall–Kier alpha value is -1.26. The molecule has 0 bridgehead atoms. The number of anilines is 2. The van der Waals surface area contributed by atoms with E-state index in [1.807, 2.05) is 13.0 Å². The van der Waals surface area contributed by atoms with Crippen molar-refractivity contribution in [3.8, 4) is 6.07 Å². The minimum Gasteiger partial charge on any atom is -0.396 e. The van der Waals surface area contributed by atoms with Crippen LogP contribution in [0.1, 0.15) is 18.7 Å². The summed E-state index contributed by atoms with van der Waals surface area (Å²) in [4.78, 5) is 2.14. The summed E-state index contributed by atoms with van der Waals surface area (Å²) in [5.74, 6) is -0.0244. The van der Waals surface area contributed by atoms with E-state index in [0.717, 1.165) is 11.3 Å². The Morgan fingerprint density at radius 2 is 2.06 bits per heavy atom. The summed E-state index contributed by atoms with van der Waals surface area (Å²) < 4.78 is 24.0. The van der Waals surface area contributed by atoms with Crippen molar-refractivity contribution < 1.29 is 8.42 Å². The summed E-state index contributed by atoms with van der Waals surface area (Å²) in [5.41, 5.74) is 5.83. The van der Waals surface area contributed by atoms with E-state index in [-0.39, 0.29) is 21.2 Å². The Balaban J connectivity index is 3.57. The second kappa shape index (κ2) is 4.94. The number of nitriles is 1. The Kier molecular flexibility index (Phi) is 4.01. The average molecular weight is 273 g/mol. The van der Waals surface area contributed by atoms with E-state index in [1.165, 1.54) is 0 Å². The van der Waals surface area contributed by atoms with E-state index in [4.69, 9.17) is 11.0 Å². The molecule has 1 heterocycles. The van der Waals surface area contributed by atoms with Crippen LogP contribution in [0.25, 0.3) is 0 Å². The SMILES string of the molecule is CCN(C)c1sc(C#N)c(N)c1S(=O)(=O)CC. The molecule has 5 nitrogen and oxygen atoms in total. The van der Waals surface area contributed by atoms with E-state index < -0.39 is 9.84 Å². The maximum absolute atomic E-state index is 12.0. The lowest BCUT2D eigenvalue weighted by Crippen LogP contribution is -2.18. The number of hydrogen-bond donors (Lipinski definition) is 1. The van der Waals surface area contributed by atoms with E-state index in [0.29, 0.717) is 11.5 Å². The molecule has 0 saturated heterocycles. The molecule has 0 aliphatic rings. The summed E-state index contributed by atoms with van der Waals surface area (Å²) >= 11 is 1.12. The van der Waals surface area contributed by atoms with Crippen LogP contribution in [-0.2, 0) is 9.84 Å². The number of sulfone groups is 1. The first-order valence-corrected chi connectivity index (χ1v) is 7.62. The van der Waals surface area contributed by atoms with Gasteiger partial charge in [-0.15, -0.1) is 11.3 Å². The molecule has 0 atom stereocenters. The fourth-order valence-electron chi connectivity index (χ4n) is 1.34. The summed E-state index contributed by atoms with van der Waals surface area (Å²) in [5, 5.41) is 9.46. The third-order valence-corrected chi connectivity index (χ3v) is 5.64. The topological polar surface area (TPSA) is 87.2 Å². The molecule has 17 heavy (non-hydrogen) atoms. The number of rotatable bonds is 4. The van der Waals surface area contributed by atoms with Gasteiger partial charge in [0.25, 0.3) is 0 Å². The molecule has 0 aliphatic carbocycles. The van der Waals surface area contributed by atoms with Crippen LogP contribution in [0.4, 0.5) is 10.7 Å². The minimum absolute atomic E-state index is 0.0244. The Morgan fingerprint density at radius 1 is 1.47 bits per heavy atom. The summed E-state index contributed by atoms with van der Waals surface area (Å²) in [6, 6.07) is 1.93. The van der Waals surface area contributed by atoms with Gasteiger partial charge in [0.15, 0.2) is 9.84 Å². The summed E-state index contributed by atoms with van der Waals surface area (Å²) in [6.45, 7) is 4.12. The van der Waals surface area contributed by atoms with Crippen LogP contribution in [0.15, 0.2) is 4.90 Å². The van der Waals surface area contributed by atoms with E-state index in [9.17, 15) is 8.42 Å². The molecule has 1 rings (SSSR count). The highest BCUT2D eigenvalue weighted by Crippen LogP contribution is 2.41. The molecule has 0 amide bonds. The van der Waals surface area contributed by atoms with Gasteiger partial charge in [0.1, 0.15) is 20.8 Å². The zero-order valence-corrected chi connectivity index (χ0v) is 11.7. The first-order chi connectivity index (χ1) is 7.88. The molecule has 0 unspecified atom stereocenters. The van der Waals surface area contributed by atoms with Crippen LogP contribution < -0.4 is 10.6 Å². The van der Waals surface area contributed by atoms with Gasteiger partial charge in [-0.1, -0.05) is 6.92 Å². The molecule has 0 spiro atoms. The summed E-state index contributed by atoms with van der Waals surface area (Å²) in [7, 11) is -1.63. The monoisotopic (exact) mass is 273 g/mol. The highest BCUT2D eigenvalue weighted by molar-refractivity contribution is 7.91. The van der Waals surface area contributed by atoms with Crippen LogP contribution in [0.2, 0.25) is 0 Å². The van der Waals surface area contributed by atoms with Crippen LogP contribution >= 0.6 is 11.3 Å². The molecule has 7 heteroatoms. The first kappa shape index (κ1) is 13.8. The zero-order chi connectivity index (χ0) is 13.2. The fourth-order valence-corrected chi connectivity index (χ4v) is 4.00. The molecule has 2 N–H and O–H groups in total.